The summed E-state index contributed by atoms with van der Waals surface area (Å²) in [5.41, 5.74) is 0.787. The van der Waals surface area contributed by atoms with Crippen LogP contribution in [0, 0.1) is 11.3 Å². The van der Waals surface area contributed by atoms with E-state index in [9.17, 15) is 20.6 Å². The van der Waals surface area contributed by atoms with Gasteiger partial charge in [0.15, 0.2) is 11.5 Å². The molecule has 1 heterocycles. The number of rotatable bonds is 4. The monoisotopic (exact) mass is 350 g/mol. The van der Waals surface area contributed by atoms with Gasteiger partial charge in [-0.25, -0.2) is 9.98 Å². The Morgan fingerprint density at radius 2 is 1.81 bits per heavy atom. The number of methoxy groups -OCH3 is 1. The molecular formula is C18H14N4O4. The van der Waals surface area contributed by atoms with Crippen molar-refractivity contribution in [1.29, 1.82) is 5.26 Å². The SMILES string of the molecule is COc1ccc(-n2cnc(C#N)c2/N=C/c2c(O)cc(O)cc2O)cc1. The van der Waals surface area contributed by atoms with Crippen molar-refractivity contribution in [3.63, 3.8) is 0 Å². The summed E-state index contributed by atoms with van der Waals surface area (Å²) in [6.07, 6.45) is 2.64. The molecule has 0 aliphatic rings. The van der Waals surface area contributed by atoms with Gasteiger partial charge in [-0.2, -0.15) is 5.26 Å². The van der Waals surface area contributed by atoms with Crippen molar-refractivity contribution in [2.24, 2.45) is 4.99 Å². The van der Waals surface area contributed by atoms with Crippen LogP contribution in [0.3, 0.4) is 0 Å². The minimum atomic E-state index is -0.347. The third-order valence-electron chi connectivity index (χ3n) is 3.64. The maximum atomic E-state index is 9.86. The van der Waals surface area contributed by atoms with E-state index in [1.165, 1.54) is 12.5 Å². The van der Waals surface area contributed by atoms with E-state index < -0.39 is 0 Å². The number of aromatic nitrogens is 2. The first-order valence-corrected chi connectivity index (χ1v) is 7.44. The lowest BCUT2D eigenvalue weighted by Crippen LogP contribution is -1.93. The van der Waals surface area contributed by atoms with Gasteiger partial charge in [0.1, 0.15) is 35.4 Å². The van der Waals surface area contributed by atoms with Gasteiger partial charge in [0.25, 0.3) is 0 Å². The highest BCUT2D eigenvalue weighted by Crippen LogP contribution is 2.31. The van der Waals surface area contributed by atoms with Crippen molar-refractivity contribution in [3.8, 4) is 34.8 Å². The van der Waals surface area contributed by atoms with E-state index in [1.54, 1.807) is 35.9 Å². The molecule has 0 amide bonds. The third-order valence-corrected chi connectivity index (χ3v) is 3.64. The molecule has 8 heteroatoms. The smallest absolute Gasteiger partial charge is 0.185 e. The molecule has 1 aromatic heterocycles. The molecule has 26 heavy (non-hydrogen) atoms. The van der Waals surface area contributed by atoms with Crippen LogP contribution in [-0.4, -0.2) is 38.2 Å². The highest BCUT2D eigenvalue weighted by atomic mass is 16.5. The normalized spacial score (nSPS) is 10.8. The third kappa shape index (κ3) is 3.14. The van der Waals surface area contributed by atoms with Gasteiger partial charge < -0.3 is 20.1 Å². The van der Waals surface area contributed by atoms with Crippen LogP contribution >= 0.6 is 0 Å². The maximum absolute atomic E-state index is 9.86. The first-order chi connectivity index (χ1) is 12.5. The second kappa shape index (κ2) is 6.86. The maximum Gasteiger partial charge on any atom is 0.185 e. The van der Waals surface area contributed by atoms with Gasteiger partial charge in [0, 0.05) is 24.0 Å². The predicted octanol–water partition coefficient (Wildman–Crippen LogP) is 2.62. The molecule has 0 atom stereocenters. The number of aliphatic imine (C=N–C) groups is 1. The van der Waals surface area contributed by atoms with E-state index in [1.807, 2.05) is 6.07 Å². The van der Waals surface area contributed by atoms with Gasteiger partial charge in [-0.3, -0.25) is 4.57 Å². The van der Waals surface area contributed by atoms with Crippen molar-refractivity contribution in [3.05, 3.63) is 54.0 Å². The molecule has 130 valence electrons. The molecule has 0 aliphatic carbocycles. The van der Waals surface area contributed by atoms with Crippen LogP contribution in [0.25, 0.3) is 5.69 Å². The number of nitriles is 1. The fraction of sp³-hybridized carbons (Fsp3) is 0.0556. The van der Waals surface area contributed by atoms with Crippen LogP contribution in [-0.2, 0) is 0 Å². The van der Waals surface area contributed by atoms with Crippen molar-refractivity contribution < 1.29 is 20.1 Å². The zero-order valence-electron chi connectivity index (χ0n) is 13.7. The molecule has 0 spiro atoms. The fourth-order valence-electron chi connectivity index (χ4n) is 2.34. The van der Waals surface area contributed by atoms with Crippen molar-refractivity contribution in [1.82, 2.24) is 9.55 Å². The summed E-state index contributed by atoms with van der Waals surface area (Å²) in [4.78, 5) is 8.21. The first kappa shape index (κ1) is 16.9. The number of aromatic hydroxyl groups is 3. The Kier molecular flexibility index (Phi) is 4.45. The summed E-state index contributed by atoms with van der Waals surface area (Å²) < 4.78 is 6.71. The number of hydrogen-bond donors (Lipinski definition) is 3. The minimum Gasteiger partial charge on any atom is -0.508 e. The summed E-state index contributed by atoms with van der Waals surface area (Å²) in [7, 11) is 1.56. The number of hydrogen-bond acceptors (Lipinski definition) is 7. The molecule has 3 N–H and O–H groups in total. The fourth-order valence-corrected chi connectivity index (χ4v) is 2.34. The molecule has 0 saturated heterocycles. The van der Waals surface area contributed by atoms with Crippen molar-refractivity contribution in [2.45, 2.75) is 0 Å². The van der Waals surface area contributed by atoms with Crippen LogP contribution < -0.4 is 4.74 Å². The van der Waals surface area contributed by atoms with E-state index in [-0.39, 0.29) is 34.3 Å². The number of phenolic OH excluding ortho intramolecular Hbond substituents is 3. The van der Waals surface area contributed by atoms with Gasteiger partial charge in [0.05, 0.1) is 12.7 Å². The van der Waals surface area contributed by atoms with Gasteiger partial charge in [-0.1, -0.05) is 0 Å². The number of nitrogens with zero attached hydrogens (tertiary/aromatic N) is 4. The highest BCUT2D eigenvalue weighted by Gasteiger charge is 2.13. The first-order valence-electron chi connectivity index (χ1n) is 7.44. The zero-order chi connectivity index (χ0) is 18.7. The Hall–Kier alpha value is -3.99. The van der Waals surface area contributed by atoms with Crippen LogP contribution in [0.1, 0.15) is 11.3 Å². The highest BCUT2D eigenvalue weighted by molar-refractivity contribution is 5.89. The Morgan fingerprint density at radius 3 is 2.38 bits per heavy atom. The Balaban J connectivity index is 2.05. The molecule has 0 radical (unpaired) electrons. The number of benzene rings is 2. The summed E-state index contributed by atoms with van der Waals surface area (Å²) in [5.74, 6) is -0.0680. The molecule has 0 fully saturated rings. The summed E-state index contributed by atoms with van der Waals surface area (Å²) >= 11 is 0. The molecule has 0 unspecified atom stereocenters. The molecule has 0 aliphatic heterocycles. The second-order valence-electron chi connectivity index (χ2n) is 5.25. The summed E-state index contributed by atoms with van der Waals surface area (Å²) in [5, 5.41) is 38.3. The Labute approximate surface area is 148 Å². The number of phenols is 3. The van der Waals surface area contributed by atoms with Crippen molar-refractivity contribution in [2.75, 3.05) is 7.11 Å². The number of ether oxygens (including phenoxy) is 1. The quantitative estimate of drug-likeness (QED) is 0.621. The van der Waals surface area contributed by atoms with E-state index >= 15 is 0 Å². The minimum absolute atomic E-state index is 0.00849. The van der Waals surface area contributed by atoms with Crippen LogP contribution in [0.2, 0.25) is 0 Å². The van der Waals surface area contributed by atoms with E-state index in [4.69, 9.17) is 4.74 Å². The molecule has 8 nitrogen and oxygen atoms in total. The van der Waals surface area contributed by atoms with Crippen LogP contribution in [0.15, 0.2) is 47.7 Å². The van der Waals surface area contributed by atoms with E-state index in [0.29, 0.717) is 11.4 Å². The van der Waals surface area contributed by atoms with Gasteiger partial charge in [-0.15, -0.1) is 0 Å². The Morgan fingerprint density at radius 1 is 1.15 bits per heavy atom. The predicted molar refractivity (Wildman–Crippen MR) is 93.5 cm³/mol. The Bertz CT molecular complexity index is 994. The molecule has 0 saturated carbocycles. The summed E-state index contributed by atoms with van der Waals surface area (Å²) in [6.45, 7) is 0. The van der Waals surface area contributed by atoms with E-state index in [2.05, 4.69) is 9.98 Å². The lowest BCUT2D eigenvalue weighted by atomic mass is 10.2. The average Bonchev–Trinajstić information content (AvgIpc) is 3.04. The lowest BCUT2D eigenvalue weighted by Gasteiger charge is -2.07. The summed E-state index contributed by atoms with van der Waals surface area (Å²) in [6, 6.07) is 11.2. The molecule has 3 rings (SSSR count). The van der Waals surface area contributed by atoms with Crippen molar-refractivity contribution >= 4 is 12.0 Å². The van der Waals surface area contributed by atoms with Gasteiger partial charge >= 0.3 is 0 Å². The van der Waals surface area contributed by atoms with Gasteiger partial charge in [0.2, 0.25) is 0 Å². The van der Waals surface area contributed by atoms with Gasteiger partial charge in [-0.05, 0) is 24.3 Å². The topological polar surface area (TPSA) is 124 Å². The lowest BCUT2D eigenvalue weighted by molar-refractivity contribution is 0.414. The van der Waals surface area contributed by atoms with Crippen LogP contribution in [0.5, 0.6) is 23.0 Å². The standard InChI is InChI=1S/C18H14N4O4/c1-26-13-4-2-11(3-5-13)22-10-21-15(8-19)18(22)20-9-14-16(24)6-12(23)7-17(14)25/h2-7,9-10,23-25H,1H3/b20-9+. The average molecular weight is 350 g/mol. The number of imidazole rings is 1. The largest absolute Gasteiger partial charge is 0.508 e. The second-order valence-corrected chi connectivity index (χ2v) is 5.25. The molecular weight excluding hydrogens is 336 g/mol. The zero-order valence-corrected chi connectivity index (χ0v) is 13.7. The van der Waals surface area contributed by atoms with E-state index in [0.717, 1.165) is 12.1 Å². The molecule has 3 aromatic rings. The molecule has 2 aromatic carbocycles. The van der Waals surface area contributed by atoms with Crippen LogP contribution in [0.4, 0.5) is 5.82 Å². The molecule has 0 bridgehead atoms.